The Morgan fingerprint density at radius 2 is 1.92 bits per heavy atom. The molecule has 1 amide bonds. The van der Waals surface area contributed by atoms with Crippen LogP contribution < -0.4 is 0 Å². The first kappa shape index (κ1) is 17.2. The molecule has 0 bridgehead atoms. The first-order valence-corrected chi connectivity index (χ1v) is 9.65. The number of hydrogen-bond acceptors (Lipinski definition) is 4. The minimum absolute atomic E-state index is 0.111. The summed E-state index contributed by atoms with van der Waals surface area (Å²) in [5.74, 6) is 0.170. The molecule has 1 atom stereocenters. The highest BCUT2D eigenvalue weighted by Gasteiger charge is 2.30. The summed E-state index contributed by atoms with van der Waals surface area (Å²) in [7, 11) is 0. The maximum atomic E-state index is 12.8. The number of amides is 1. The van der Waals surface area contributed by atoms with Crippen molar-refractivity contribution in [1.82, 2.24) is 19.8 Å². The summed E-state index contributed by atoms with van der Waals surface area (Å²) in [5, 5.41) is 0. The van der Waals surface area contributed by atoms with Crippen LogP contribution in [-0.4, -0.2) is 45.3 Å². The van der Waals surface area contributed by atoms with E-state index in [1.807, 2.05) is 23.2 Å². The maximum Gasteiger partial charge on any atom is 0.227 e. The predicted octanol–water partition coefficient (Wildman–Crippen LogP) is 2.98. The molecule has 0 radical (unpaired) electrons. The Balaban J connectivity index is 1.41. The highest BCUT2D eigenvalue weighted by atomic mass is 16.2. The molecule has 0 aromatic carbocycles. The molecule has 2 saturated heterocycles. The predicted molar refractivity (Wildman–Crippen MR) is 100 cm³/mol. The molecule has 0 saturated carbocycles. The summed E-state index contributed by atoms with van der Waals surface area (Å²) < 4.78 is 0. The van der Waals surface area contributed by atoms with E-state index in [-0.39, 0.29) is 11.9 Å². The number of carbonyl (C=O) groups excluding carboxylic acids is 1. The quantitative estimate of drug-likeness (QED) is 0.832. The standard InChI is InChI=1S/C21H26N4O/c26-21(13-17-5-3-9-22-14-17)25-12-4-6-20(25)19-8-7-18(15-23-19)16-24-10-1-2-11-24/h3,5,7-9,14-15,20H,1-2,4,6,10-13,16H2/t20-/m0/s1. The van der Waals surface area contributed by atoms with E-state index in [9.17, 15) is 4.79 Å². The largest absolute Gasteiger partial charge is 0.334 e. The molecule has 0 spiro atoms. The van der Waals surface area contributed by atoms with Crippen molar-refractivity contribution < 1.29 is 4.79 Å². The third kappa shape index (κ3) is 3.93. The van der Waals surface area contributed by atoms with E-state index in [0.29, 0.717) is 6.42 Å². The molecule has 4 heterocycles. The van der Waals surface area contributed by atoms with Gasteiger partial charge < -0.3 is 4.90 Å². The summed E-state index contributed by atoms with van der Waals surface area (Å²) in [4.78, 5) is 26.1. The Labute approximate surface area is 155 Å². The van der Waals surface area contributed by atoms with Crippen molar-refractivity contribution in [2.75, 3.05) is 19.6 Å². The SMILES string of the molecule is O=C(Cc1cccnc1)N1CCC[C@H]1c1ccc(CN2CCCC2)cn1. The van der Waals surface area contributed by atoms with E-state index < -0.39 is 0 Å². The van der Waals surface area contributed by atoms with Gasteiger partial charge in [-0.15, -0.1) is 0 Å². The number of hydrogen-bond donors (Lipinski definition) is 0. The molecule has 4 rings (SSSR count). The fourth-order valence-corrected chi connectivity index (χ4v) is 4.08. The van der Waals surface area contributed by atoms with Gasteiger partial charge in [-0.3, -0.25) is 19.7 Å². The molecule has 2 aromatic heterocycles. The van der Waals surface area contributed by atoms with Crippen LogP contribution in [0.3, 0.4) is 0 Å². The van der Waals surface area contributed by atoms with Gasteiger partial charge in [-0.25, -0.2) is 0 Å². The second-order valence-corrected chi connectivity index (χ2v) is 7.36. The molecule has 5 heteroatoms. The van der Waals surface area contributed by atoms with Gasteiger partial charge >= 0.3 is 0 Å². The van der Waals surface area contributed by atoms with Gasteiger partial charge in [0.1, 0.15) is 0 Å². The second kappa shape index (κ2) is 7.96. The first-order valence-electron chi connectivity index (χ1n) is 9.65. The number of aromatic nitrogens is 2. The van der Waals surface area contributed by atoms with Crippen molar-refractivity contribution in [3.63, 3.8) is 0 Å². The van der Waals surface area contributed by atoms with Crippen LogP contribution in [0.5, 0.6) is 0 Å². The summed E-state index contributed by atoms with van der Waals surface area (Å²) in [6, 6.07) is 8.25. The number of pyridine rings is 2. The molecule has 2 aliphatic rings. The van der Waals surface area contributed by atoms with Crippen molar-refractivity contribution >= 4 is 5.91 Å². The molecule has 0 N–H and O–H groups in total. The van der Waals surface area contributed by atoms with E-state index in [1.54, 1.807) is 12.4 Å². The number of nitrogens with zero attached hydrogens (tertiary/aromatic N) is 4. The van der Waals surface area contributed by atoms with Gasteiger partial charge in [0.25, 0.3) is 0 Å². The number of rotatable bonds is 5. The number of carbonyl (C=O) groups is 1. The molecular weight excluding hydrogens is 324 g/mol. The average molecular weight is 350 g/mol. The zero-order valence-corrected chi connectivity index (χ0v) is 15.2. The Kier molecular flexibility index (Phi) is 5.25. The summed E-state index contributed by atoms with van der Waals surface area (Å²) in [5.41, 5.74) is 3.26. The topological polar surface area (TPSA) is 49.3 Å². The van der Waals surface area contributed by atoms with E-state index >= 15 is 0 Å². The van der Waals surface area contributed by atoms with Crippen molar-refractivity contribution in [1.29, 1.82) is 0 Å². The van der Waals surface area contributed by atoms with E-state index in [4.69, 9.17) is 4.98 Å². The Morgan fingerprint density at radius 1 is 1.04 bits per heavy atom. The van der Waals surface area contributed by atoms with Gasteiger partial charge in [0, 0.05) is 31.7 Å². The molecule has 0 unspecified atom stereocenters. The monoisotopic (exact) mass is 350 g/mol. The van der Waals surface area contributed by atoms with Crippen LogP contribution in [-0.2, 0) is 17.8 Å². The normalized spacial score (nSPS) is 20.6. The lowest BCUT2D eigenvalue weighted by Gasteiger charge is -2.24. The molecule has 2 aliphatic heterocycles. The molecule has 2 fully saturated rings. The first-order chi connectivity index (χ1) is 12.8. The van der Waals surface area contributed by atoms with Gasteiger partial charge in [0.2, 0.25) is 5.91 Å². The minimum Gasteiger partial charge on any atom is -0.334 e. The van der Waals surface area contributed by atoms with Crippen LogP contribution in [0.25, 0.3) is 0 Å². The summed E-state index contributed by atoms with van der Waals surface area (Å²) in [6.07, 6.45) is 10.6. The highest BCUT2D eigenvalue weighted by molar-refractivity contribution is 5.79. The smallest absolute Gasteiger partial charge is 0.227 e. The third-order valence-electron chi connectivity index (χ3n) is 5.45. The van der Waals surface area contributed by atoms with Crippen molar-refractivity contribution in [2.24, 2.45) is 0 Å². The third-order valence-corrected chi connectivity index (χ3v) is 5.45. The highest BCUT2D eigenvalue weighted by Crippen LogP contribution is 2.31. The Hall–Kier alpha value is -2.27. The van der Waals surface area contributed by atoms with Gasteiger partial charge in [-0.1, -0.05) is 12.1 Å². The zero-order valence-electron chi connectivity index (χ0n) is 15.2. The lowest BCUT2D eigenvalue weighted by Crippen LogP contribution is -2.32. The molecule has 26 heavy (non-hydrogen) atoms. The Morgan fingerprint density at radius 3 is 2.65 bits per heavy atom. The van der Waals surface area contributed by atoms with Crippen LogP contribution in [0.4, 0.5) is 0 Å². The minimum atomic E-state index is 0.111. The van der Waals surface area contributed by atoms with Gasteiger partial charge in [0.15, 0.2) is 0 Å². The van der Waals surface area contributed by atoms with E-state index in [0.717, 1.165) is 37.2 Å². The fourth-order valence-electron chi connectivity index (χ4n) is 4.08. The summed E-state index contributed by atoms with van der Waals surface area (Å²) in [6.45, 7) is 4.20. The maximum absolute atomic E-state index is 12.8. The van der Waals surface area contributed by atoms with Crippen molar-refractivity contribution in [3.8, 4) is 0 Å². The summed E-state index contributed by atoms with van der Waals surface area (Å²) >= 11 is 0. The molecule has 5 nitrogen and oxygen atoms in total. The van der Waals surface area contributed by atoms with Gasteiger partial charge in [-0.2, -0.15) is 0 Å². The van der Waals surface area contributed by atoms with Crippen LogP contribution >= 0.6 is 0 Å². The average Bonchev–Trinajstić information content (AvgIpc) is 3.35. The van der Waals surface area contributed by atoms with Crippen LogP contribution in [0, 0.1) is 0 Å². The molecular formula is C21H26N4O. The van der Waals surface area contributed by atoms with Gasteiger partial charge in [0.05, 0.1) is 18.2 Å². The lowest BCUT2D eigenvalue weighted by molar-refractivity contribution is -0.131. The fraction of sp³-hybridized carbons (Fsp3) is 0.476. The molecule has 136 valence electrons. The van der Waals surface area contributed by atoms with E-state index in [1.165, 1.54) is 31.5 Å². The number of likely N-dealkylation sites (tertiary alicyclic amines) is 2. The zero-order chi connectivity index (χ0) is 17.8. The lowest BCUT2D eigenvalue weighted by atomic mass is 10.1. The van der Waals surface area contributed by atoms with E-state index in [2.05, 4.69) is 22.0 Å². The Bertz CT molecular complexity index is 725. The van der Waals surface area contributed by atoms with Crippen molar-refractivity contribution in [2.45, 2.75) is 44.7 Å². The second-order valence-electron chi connectivity index (χ2n) is 7.36. The van der Waals surface area contributed by atoms with Crippen LogP contribution in [0.2, 0.25) is 0 Å². The van der Waals surface area contributed by atoms with Crippen LogP contribution in [0.1, 0.15) is 48.5 Å². The molecule has 2 aromatic rings. The van der Waals surface area contributed by atoms with Crippen molar-refractivity contribution in [3.05, 3.63) is 59.7 Å². The van der Waals surface area contributed by atoms with Gasteiger partial charge in [-0.05, 0) is 62.0 Å². The van der Waals surface area contributed by atoms with Crippen LogP contribution in [0.15, 0.2) is 42.9 Å². The molecule has 0 aliphatic carbocycles.